The molecule has 3 rings (SSSR count). The average molecular weight is 290 g/mol. The number of hydrogen-bond donors (Lipinski definition) is 2. The van der Waals surface area contributed by atoms with Gasteiger partial charge in [0.2, 0.25) is 0 Å². The summed E-state index contributed by atoms with van der Waals surface area (Å²) in [7, 11) is 0. The molecule has 1 unspecified atom stereocenters. The van der Waals surface area contributed by atoms with E-state index in [4.69, 9.17) is 21.9 Å². The van der Waals surface area contributed by atoms with Crippen molar-refractivity contribution in [1.82, 2.24) is 20.4 Å². The van der Waals surface area contributed by atoms with Crippen LogP contribution in [0.5, 0.6) is 0 Å². The van der Waals surface area contributed by atoms with E-state index in [1.54, 1.807) is 23.0 Å². The molecule has 0 fully saturated rings. The molecule has 3 N–H and O–H groups in total. The molecule has 0 aliphatic rings. The van der Waals surface area contributed by atoms with Crippen molar-refractivity contribution in [2.45, 2.75) is 6.04 Å². The van der Waals surface area contributed by atoms with Crippen LogP contribution < -0.4 is 11.3 Å². The van der Waals surface area contributed by atoms with Crippen LogP contribution >= 0.6 is 11.6 Å². The fourth-order valence-electron chi connectivity index (χ4n) is 2.01. The van der Waals surface area contributed by atoms with Gasteiger partial charge in [-0.25, -0.2) is 10.1 Å². The second kappa shape index (κ2) is 5.46. The summed E-state index contributed by atoms with van der Waals surface area (Å²) < 4.78 is 7.10. The number of benzene rings is 1. The fraction of sp³-hybridized carbons (Fsp3) is 0.0769. The van der Waals surface area contributed by atoms with E-state index in [1.807, 2.05) is 30.3 Å². The van der Waals surface area contributed by atoms with Crippen molar-refractivity contribution in [2.75, 3.05) is 0 Å². The number of nitrogens with zero attached hydrogens (tertiary/aromatic N) is 3. The third kappa shape index (κ3) is 2.32. The van der Waals surface area contributed by atoms with Crippen LogP contribution in [0.2, 0.25) is 5.22 Å². The fourth-order valence-corrected chi connectivity index (χ4v) is 2.16. The molecule has 1 aromatic carbocycles. The first-order chi connectivity index (χ1) is 9.79. The Morgan fingerprint density at radius 3 is 2.65 bits per heavy atom. The molecule has 3 aromatic rings. The predicted octanol–water partition coefficient (Wildman–Crippen LogP) is 2.07. The van der Waals surface area contributed by atoms with Crippen molar-refractivity contribution < 1.29 is 4.42 Å². The van der Waals surface area contributed by atoms with Crippen LogP contribution in [0.25, 0.3) is 5.69 Å². The van der Waals surface area contributed by atoms with Gasteiger partial charge in [0.05, 0.1) is 17.6 Å². The number of halogens is 1. The Morgan fingerprint density at radius 2 is 2.00 bits per heavy atom. The van der Waals surface area contributed by atoms with Crippen molar-refractivity contribution in [3.05, 3.63) is 65.3 Å². The summed E-state index contributed by atoms with van der Waals surface area (Å²) in [5.74, 6) is 6.22. The molecule has 1 atom stereocenters. The maximum Gasteiger partial charge on any atom is 0.193 e. The van der Waals surface area contributed by atoms with E-state index in [1.165, 1.54) is 0 Å². The van der Waals surface area contributed by atoms with Crippen molar-refractivity contribution in [3.63, 3.8) is 0 Å². The first-order valence-electron chi connectivity index (χ1n) is 5.97. The van der Waals surface area contributed by atoms with Crippen molar-refractivity contribution in [2.24, 2.45) is 5.84 Å². The molecule has 0 radical (unpaired) electrons. The second-order valence-corrected chi connectivity index (χ2v) is 4.52. The van der Waals surface area contributed by atoms with E-state index in [2.05, 4.69) is 15.7 Å². The van der Waals surface area contributed by atoms with Crippen LogP contribution in [0.1, 0.15) is 17.5 Å². The van der Waals surface area contributed by atoms with Crippen LogP contribution in [-0.2, 0) is 0 Å². The Kier molecular flexibility index (Phi) is 3.51. The third-order valence-corrected chi connectivity index (χ3v) is 3.12. The van der Waals surface area contributed by atoms with Gasteiger partial charge >= 0.3 is 0 Å². The summed E-state index contributed by atoms with van der Waals surface area (Å²) in [5.41, 5.74) is 4.33. The summed E-state index contributed by atoms with van der Waals surface area (Å²) in [4.78, 5) is 0. The van der Waals surface area contributed by atoms with E-state index >= 15 is 0 Å². The van der Waals surface area contributed by atoms with Gasteiger partial charge < -0.3 is 4.42 Å². The van der Waals surface area contributed by atoms with Crippen molar-refractivity contribution >= 4 is 11.6 Å². The molecule has 2 aromatic heterocycles. The Labute approximate surface area is 120 Å². The first-order valence-corrected chi connectivity index (χ1v) is 6.35. The molecule has 0 bridgehead atoms. The summed E-state index contributed by atoms with van der Waals surface area (Å²) in [5, 5.41) is 8.33. The number of hydrogen-bond acceptors (Lipinski definition) is 5. The number of nitrogens with one attached hydrogen (secondary N) is 1. The van der Waals surface area contributed by atoms with Gasteiger partial charge in [-0.2, -0.15) is 0 Å². The molecular weight excluding hydrogens is 278 g/mol. The van der Waals surface area contributed by atoms with Crippen LogP contribution in [0.3, 0.4) is 0 Å². The number of nitrogens with two attached hydrogens (primary N) is 1. The largest absolute Gasteiger partial charge is 0.448 e. The van der Waals surface area contributed by atoms with Gasteiger partial charge in [-0.15, -0.1) is 5.10 Å². The standard InChI is InChI=1S/C13H12ClN5O/c14-12-7-6-11(20-12)13(17-15)10-8-16-18-19(10)9-4-2-1-3-5-9/h1-8,13,17H,15H2. The molecular formula is C13H12ClN5O. The number of furan rings is 1. The topological polar surface area (TPSA) is 81.9 Å². The van der Waals surface area contributed by atoms with Gasteiger partial charge in [0.15, 0.2) is 5.22 Å². The number of hydrazine groups is 1. The molecule has 7 heteroatoms. The molecule has 0 saturated heterocycles. The van der Waals surface area contributed by atoms with E-state index < -0.39 is 6.04 Å². The van der Waals surface area contributed by atoms with Crippen LogP contribution in [0, 0.1) is 0 Å². The van der Waals surface area contributed by atoms with Gasteiger partial charge in [0.25, 0.3) is 0 Å². The maximum atomic E-state index is 5.81. The lowest BCUT2D eigenvalue weighted by Crippen LogP contribution is -2.30. The first kappa shape index (κ1) is 12.9. The highest BCUT2D eigenvalue weighted by molar-refractivity contribution is 6.28. The van der Waals surface area contributed by atoms with E-state index in [-0.39, 0.29) is 0 Å². The quantitative estimate of drug-likeness (QED) is 0.567. The van der Waals surface area contributed by atoms with Crippen LogP contribution in [0.4, 0.5) is 0 Å². The normalized spacial score (nSPS) is 12.5. The summed E-state index contributed by atoms with van der Waals surface area (Å²) >= 11 is 5.81. The van der Waals surface area contributed by atoms with Gasteiger partial charge in [-0.05, 0) is 35.9 Å². The SMILES string of the molecule is NNC(c1ccc(Cl)o1)c1cnnn1-c1ccccc1. The molecule has 0 amide bonds. The van der Waals surface area contributed by atoms with Gasteiger partial charge in [0, 0.05) is 0 Å². The van der Waals surface area contributed by atoms with Gasteiger partial charge in [0.1, 0.15) is 11.8 Å². The minimum absolute atomic E-state index is 0.305. The molecule has 2 heterocycles. The summed E-state index contributed by atoms with van der Waals surface area (Å²) in [6.07, 6.45) is 1.63. The number of rotatable bonds is 4. The summed E-state index contributed by atoms with van der Waals surface area (Å²) in [6, 6.07) is 12.7. The third-order valence-electron chi connectivity index (χ3n) is 2.92. The number of para-hydroxylation sites is 1. The molecule has 0 aliphatic carbocycles. The Morgan fingerprint density at radius 1 is 1.20 bits per heavy atom. The zero-order valence-corrected chi connectivity index (χ0v) is 11.2. The highest BCUT2D eigenvalue weighted by Crippen LogP contribution is 2.26. The Hall–Kier alpha value is -2.15. The second-order valence-electron chi connectivity index (χ2n) is 4.15. The van der Waals surface area contributed by atoms with Crippen LogP contribution in [-0.4, -0.2) is 15.0 Å². The molecule has 0 aliphatic heterocycles. The molecule has 6 nitrogen and oxygen atoms in total. The monoisotopic (exact) mass is 289 g/mol. The van der Waals surface area contributed by atoms with E-state index in [0.29, 0.717) is 11.0 Å². The minimum atomic E-state index is -0.391. The molecule has 0 saturated carbocycles. The van der Waals surface area contributed by atoms with E-state index in [9.17, 15) is 0 Å². The van der Waals surface area contributed by atoms with Gasteiger partial charge in [-0.3, -0.25) is 5.84 Å². The zero-order chi connectivity index (χ0) is 13.9. The molecule has 0 spiro atoms. The lowest BCUT2D eigenvalue weighted by molar-refractivity contribution is 0.443. The van der Waals surface area contributed by atoms with E-state index in [0.717, 1.165) is 11.4 Å². The zero-order valence-electron chi connectivity index (χ0n) is 10.4. The molecule has 20 heavy (non-hydrogen) atoms. The molecule has 102 valence electrons. The minimum Gasteiger partial charge on any atom is -0.448 e. The summed E-state index contributed by atoms with van der Waals surface area (Å²) in [6.45, 7) is 0. The lowest BCUT2D eigenvalue weighted by Gasteiger charge is -2.14. The lowest BCUT2D eigenvalue weighted by atomic mass is 10.1. The highest BCUT2D eigenvalue weighted by atomic mass is 35.5. The van der Waals surface area contributed by atoms with Crippen molar-refractivity contribution in [1.29, 1.82) is 0 Å². The number of aromatic nitrogens is 3. The van der Waals surface area contributed by atoms with Crippen LogP contribution in [0.15, 0.2) is 53.1 Å². The Bertz CT molecular complexity index is 694. The van der Waals surface area contributed by atoms with Crippen molar-refractivity contribution in [3.8, 4) is 5.69 Å². The predicted molar refractivity (Wildman–Crippen MR) is 74.2 cm³/mol. The maximum absolute atomic E-state index is 5.81. The van der Waals surface area contributed by atoms with Gasteiger partial charge in [-0.1, -0.05) is 23.4 Å². The highest BCUT2D eigenvalue weighted by Gasteiger charge is 2.21. The average Bonchev–Trinajstić information content (AvgIpc) is 3.11. The smallest absolute Gasteiger partial charge is 0.193 e. The Balaban J connectivity index is 2.04.